The van der Waals surface area contributed by atoms with Crippen molar-refractivity contribution in [1.82, 2.24) is 14.1 Å². The molecule has 0 fully saturated rings. The third-order valence-electron chi connectivity index (χ3n) is 10.2. The first-order chi connectivity index (χ1) is 26.8. The number of benzene rings is 6. The molecule has 0 saturated carbocycles. The van der Waals surface area contributed by atoms with Crippen LogP contribution in [0.25, 0.3) is 61.3 Å². The molecule has 9 aromatic rings. The van der Waals surface area contributed by atoms with Crippen molar-refractivity contribution >= 4 is 21.8 Å². The van der Waals surface area contributed by atoms with Gasteiger partial charge in [0.1, 0.15) is 5.82 Å². The predicted octanol–water partition coefficient (Wildman–Crippen LogP) is 11.6. The number of para-hydroxylation sites is 1. The standard InChI is InChI=1S/C50H40N4O.Pt/c1-5-35-26-27-51-48(30-35)54-46-25-22-38(50(2,3)4)31-45(46)44-24-23-41(33-47(44)54)55-40-19-12-18-39(32-40)52-28-29-53(34-52)49-42(36-14-8-6-9-15-36)20-13-21-43(49)37-16-10-7-11-17-37;/h6-31H,5H2,1-4H3;/q-2;. The fourth-order valence-corrected chi connectivity index (χ4v) is 7.33. The maximum Gasteiger partial charge on any atom is 0.267 e. The van der Waals surface area contributed by atoms with Crippen molar-refractivity contribution in [2.45, 2.75) is 39.5 Å². The van der Waals surface area contributed by atoms with Gasteiger partial charge in [0.2, 0.25) is 0 Å². The Bertz CT molecular complexity index is 2760. The molecule has 0 radical (unpaired) electrons. The number of fused-ring (bicyclic) bond motifs is 3. The Labute approximate surface area is 342 Å². The van der Waals surface area contributed by atoms with Crippen molar-refractivity contribution < 1.29 is 30.4 Å². The zero-order valence-corrected chi connectivity index (χ0v) is 34.0. The molecule has 0 atom stereocenters. The second-order valence-electron chi connectivity index (χ2n) is 14.9. The molecule has 56 heavy (non-hydrogen) atoms. The van der Waals surface area contributed by atoms with E-state index in [4.69, 9.17) is 9.72 Å². The van der Waals surface area contributed by atoms with Crippen LogP contribution in [0.3, 0.4) is 0 Å². The van der Waals surface area contributed by atoms with Crippen molar-refractivity contribution in [3.8, 4) is 50.9 Å². The average Bonchev–Trinajstić information content (AvgIpc) is 3.84. The van der Waals surface area contributed by atoms with Gasteiger partial charge < -0.3 is 13.9 Å². The molecule has 0 N–H and O–H groups in total. The third kappa shape index (κ3) is 7.00. The summed E-state index contributed by atoms with van der Waals surface area (Å²) in [5.41, 5.74) is 10.9. The van der Waals surface area contributed by atoms with Gasteiger partial charge in [0.05, 0.1) is 5.69 Å². The maximum atomic E-state index is 6.52. The smallest absolute Gasteiger partial charge is 0.267 e. The van der Waals surface area contributed by atoms with Crippen molar-refractivity contribution in [2.75, 3.05) is 0 Å². The van der Waals surface area contributed by atoms with E-state index in [9.17, 15) is 0 Å². The molecule has 3 heterocycles. The molecular weight excluding hydrogens is 868 g/mol. The molecule has 0 aliphatic heterocycles. The van der Waals surface area contributed by atoms with Crippen molar-refractivity contribution in [1.29, 1.82) is 0 Å². The molecule has 5 nitrogen and oxygen atoms in total. The summed E-state index contributed by atoms with van der Waals surface area (Å²) in [6, 6.07) is 55.6. The number of ether oxygens (including phenoxy) is 1. The molecule has 0 amide bonds. The number of hydrogen-bond donors (Lipinski definition) is 0. The van der Waals surface area contributed by atoms with Crippen LogP contribution in [0.4, 0.5) is 0 Å². The minimum absolute atomic E-state index is 0. The predicted molar refractivity (Wildman–Crippen MR) is 221 cm³/mol. The maximum absolute atomic E-state index is 6.52. The van der Waals surface area contributed by atoms with E-state index in [1.807, 2.05) is 59.6 Å². The molecule has 0 saturated heterocycles. The number of pyridine rings is 1. The number of rotatable bonds is 8. The van der Waals surface area contributed by atoms with E-state index in [1.165, 1.54) is 16.5 Å². The Kier molecular flexibility index (Phi) is 10.1. The van der Waals surface area contributed by atoms with Crippen LogP contribution in [0, 0.1) is 18.5 Å². The first-order valence-corrected chi connectivity index (χ1v) is 18.8. The van der Waals surface area contributed by atoms with Crippen LogP contribution in [0.15, 0.2) is 158 Å². The third-order valence-corrected chi connectivity index (χ3v) is 10.2. The molecule has 0 unspecified atom stereocenters. The van der Waals surface area contributed by atoms with E-state index in [0.29, 0.717) is 11.5 Å². The van der Waals surface area contributed by atoms with Crippen LogP contribution in [0.1, 0.15) is 38.8 Å². The largest absolute Gasteiger partial charge is 0.510 e. The minimum atomic E-state index is 0. The van der Waals surface area contributed by atoms with Gasteiger partial charge in [-0.2, -0.15) is 18.2 Å². The van der Waals surface area contributed by atoms with Gasteiger partial charge in [0.15, 0.2) is 0 Å². The van der Waals surface area contributed by atoms with Gasteiger partial charge in [-0.15, -0.1) is 29.7 Å². The van der Waals surface area contributed by atoms with E-state index < -0.39 is 0 Å². The van der Waals surface area contributed by atoms with E-state index in [-0.39, 0.29) is 26.5 Å². The average molecular weight is 908 g/mol. The molecule has 6 aromatic carbocycles. The monoisotopic (exact) mass is 907 g/mol. The molecule has 0 bridgehead atoms. The molecule has 278 valence electrons. The second-order valence-corrected chi connectivity index (χ2v) is 14.9. The van der Waals surface area contributed by atoms with Gasteiger partial charge in [-0.1, -0.05) is 124 Å². The number of nitrogens with zero attached hydrogens (tertiary/aromatic N) is 4. The summed E-state index contributed by atoms with van der Waals surface area (Å²) in [4.78, 5) is 4.82. The van der Waals surface area contributed by atoms with E-state index in [0.717, 1.165) is 62.3 Å². The molecule has 0 aliphatic rings. The Morgan fingerprint density at radius 2 is 1.39 bits per heavy atom. The Morgan fingerprint density at radius 1 is 0.696 bits per heavy atom. The zero-order chi connectivity index (χ0) is 37.5. The summed E-state index contributed by atoms with van der Waals surface area (Å²) in [6.45, 7) is 8.91. The van der Waals surface area contributed by atoms with Gasteiger partial charge in [0, 0.05) is 56.7 Å². The number of hydrogen-bond acceptors (Lipinski definition) is 2. The van der Waals surface area contributed by atoms with Gasteiger partial charge in [-0.3, -0.25) is 4.57 Å². The summed E-state index contributed by atoms with van der Waals surface area (Å²) in [5, 5.41) is 2.27. The first-order valence-electron chi connectivity index (χ1n) is 18.8. The number of aromatic nitrogens is 4. The van der Waals surface area contributed by atoms with Gasteiger partial charge in [0.25, 0.3) is 6.33 Å². The van der Waals surface area contributed by atoms with Crippen LogP contribution >= 0.6 is 0 Å². The molecule has 3 aromatic heterocycles. The fraction of sp³-hybridized carbons (Fsp3) is 0.120. The normalized spacial score (nSPS) is 11.5. The SMILES string of the molecule is CCc1ccnc(-n2c3[c-]c(Oc4[c-]c(-n5[c-][n+](-c6c(-c7ccccc7)cccc6-c6ccccc6)cc5)ccc4)ccc3c3cc(C(C)(C)C)ccc32)c1.[Pt]. The Balaban J connectivity index is 0.00000441. The summed E-state index contributed by atoms with van der Waals surface area (Å²) in [5.74, 6) is 2.05. The summed E-state index contributed by atoms with van der Waals surface area (Å²) < 4.78 is 12.7. The molecule has 0 aliphatic carbocycles. The molecule has 6 heteroatoms. The fourth-order valence-electron chi connectivity index (χ4n) is 7.33. The molecular formula is C50H40N4OPt-2. The number of aryl methyl sites for hydroxylation is 1. The quantitative estimate of drug-likeness (QED) is 0.112. The van der Waals surface area contributed by atoms with Crippen LogP contribution in [-0.4, -0.2) is 14.1 Å². The van der Waals surface area contributed by atoms with E-state index >= 15 is 0 Å². The topological polar surface area (TPSA) is 35.9 Å². The zero-order valence-electron chi connectivity index (χ0n) is 31.7. The molecule has 0 spiro atoms. The Hall–Kier alpha value is -6.03. The van der Waals surface area contributed by atoms with Crippen molar-refractivity contribution in [3.63, 3.8) is 0 Å². The van der Waals surface area contributed by atoms with Gasteiger partial charge >= 0.3 is 0 Å². The Morgan fingerprint density at radius 3 is 2.09 bits per heavy atom. The van der Waals surface area contributed by atoms with Crippen LogP contribution < -0.4 is 9.30 Å². The van der Waals surface area contributed by atoms with E-state index in [1.54, 1.807) is 0 Å². The van der Waals surface area contributed by atoms with E-state index in [2.05, 4.69) is 158 Å². The number of imidazole rings is 1. The van der Waals surface area contributed by atoms with Crippen molar-refractivity contribution in [3.05, 3.63) is 188 Å². The van der Waals surface area contributed by atoms with Gasteiger partial charge in [-0.25, -0.2) is 4.98 Å². The van der Waals surface area contributed by atoms with Crippen LogP contribution in [0.5, 0.6) is 11.5 Å². The minimum Gasteiger partial charge on any atom is -0.510 e. The van der Waals surface area contributed by atoms with Crippen LogP contribution in [0.2, 0.25) is 0 Å². The second kappa shape index (κ2) is 15.2. The summed E-state index contributed by atoms with van der Waals surface area (Å²) in [6.07, 6.45) is 10.4. The van der Waals surface area contributed by atoms with Crippen LogP contribution in [-0.2, 0) is 32.9 Å². The summed E-state index contributed by atoms with van der Waals surface area (Å²) in [7, 11) is 0. The first kappa shape index (κ1) is 36.9. The summed E-state index contributed by atoms with van der Waals surface area (Å²) >= 11 is 0. The molecule has 9 rings (SSSR count). The van der Waals surface area contributed by atoms with Gasteiger partial charge in [-0.05, 0) is 74.5 Å². The van der Waals surface area contributed by atoms with Crippen molar-refractivity contribution in [2.24, 2.45) is 0 Å².